The lowest BCUT2D eigenvalue weighted by molar-refractivity contribution is -0.135. The van der Waals surface area contributed by atoms with Crippen molar-refractivity contribution in [2.75, 3.05) is 19.7 Å². The molecule has 0 bridgehead atoms. The van der Waals surface area contributed by atoms with Crippen LogP contribution in [-0.4, -0.2) is 42.5 Å². The van der Waals surface area contributed by atoms with Crippen molar-refractivity contribution in [1.82, 2.24) is 10.2 Å². The summed E-state index contributed by atoms with van der Waals surface area (Å²) in [6.45, 7) is 2.98. The summed E-state index contributed by atoms with van der Waals surface area (Å²) in [5, 5.41) is 3.46. The second kappa shape index (κ2) is 7.70. The van der Waals surface area contributed by atoms with E-state index in [-0.39, 0.29) is 18.4 Å². The zero-order valence-electron chi connectivity index (χ0n) is 12.3. The Morgan fingerprint density at radius 2 is 2.00 bits per heavy atom. The van der Waals surface area contributed by atoms with Gasteiger partial charge in [-0.2, -0.15) is 0 Å². The van der Waals surface area contributed by atoms with Crippen molar-refractivity contribution < 1.29 is 14.3 Å². The van der Waals surface area contributed by atoms with Gasteiger partial charge in [-0.25, -0.2) is 0 Å². The van der Waals surface area contributed by atoms with Crippen LogP contribution in [0.15, 0.2) is 18.2 Å². The summed E-state index contributed by atoms with van der Waals surface area (Å²) < 4.78 is 5.33. The van der Waals surface area contributed by atoms with Crippen LogP contribution in [0.25, 0.3) is 0 Å². The van der Waals surface area contributed by atoms with Gasteiger partial charge >= 0.3 is 0 Å². The second-order valence-electron chi connectivity index (χ2n) is 5.19. The zero-order valence-corrected chi connectivity index (χ0v) is 13.8. The number of carbonyl (C=O) groups excluding carboxylic acids is 2. The molecule has 2 rings (SSSR count). The fraction of sp³-hybridized carbons (Fsp3) is 0.467. The standard InChI is InChI=1S/C15H18Cl2N2O3/c1-10(15(21)19-6-2-3-7-19)18-14(20)9-22-13-5-4-11(16)8-12(13)17/h4-5,8,10H,2-3,6-7,9H2,1H3,(H,18,20)/t10-/m0/s1. The van der Waals surface area contributed by atoms with E-state index in [1.54, 1.807) is 24.0 Å². The molecule has 5 nitrogen and oxygen atoms in total. The van der Waals surface area contributed by atoms with E-state index in [4.69, 9.17) is 27.9 Å². The number of amides is 2. The van der Waals surface area contributed by atoms with Crippen LogP contribution in [0.3, 0.4) is 0 Å². The quantitative estimate of drug-likeness (QED) is 0.892. The number of benzene rings is 1. The maximum atomic E-state index is 12.1. The SMILES string of the molecule is C[C@H](NC(=O)COc1ccc(Cl)cc1Cl)C(=O)N1CCCC1. The maximum absolute atomic E-state index is 12.1. The molecule has 1 N–H and O–H groups in total. The minimum absolute atomic E-state index is 0.0598. The average molecular weight is 345 g/mol. The number of rotatable bonds is 5. The van der Waals surface area contributed by atoms with Crippen molar-refractivity contribution in [3.05, 3.63) is 28.2 Å². The molecule has 120 valence electrons. The van der Waals surface area contributed by atoms with E-state index in [0.717, 1.165) is 25.9 Å². The Balaban J connectivity index is 1.80. The molecule has 0 saturated carbocycles. The molecule has 0 aromatic heterocycles. The summed E-state index contributed by atoms with van der Waals surface area (Å²) in [6, 6.07) is 4.20. The first-order valence-electron chi connectivity index (χ1n) is 7.13. The highest BCUT2D eigenvalue weighted by atomic mass is 35.5. The van der Waals surface area contributed by atoms with Crippen LogP contribution < -0.4 is 10.1 Å². The Hall–Kier alpha value is -1.46. The maximum Gasteiger partial charge on any atom is 0.258 e. The Morgan fingerprint density at radius 3 is 2.64 bits per heavy atom. The minimum Gasteiger partial charge on any atom is -0.482 e. The third-order valence-electron chi connectivity index (χ3n) is 3.42. The molecule has 1 heterocycles. The third kappa shape index (κ3) is 4.52. The first-order chi connectivity index (χ1) is 10.5. The van der Waals surface area contributed by atoms with E-state index in [9.17, 15) is 9.59 Å². The van der Waals surface area contributed by atoms with Crippen molar-refractivity contribution in [3.8, 4) is 5.75 Å². The summed E-state index contributed by atoms with van der Waals surface area (Å²) in [4.78, 5) is 25.7. The predicted molar refractivity (Wildman–Crippen MR) is 85.4 cm³/mol. The number of hydrogen-bond acceptors (Lipinski definition) is 3. The highest BCUT2D eigenvalue weighted by Gasteiger charge is 2.24. The Labute approximate surface area is 139 Å². The Kier molecular flexibility index (Phi) is 5.91. The number of ether oxygens (including phenoxy) is 1. The zero-order chi connectivity index (χ0) is 16.1. The van der Waals surface area contributed by atoms with E-state index in [0.29, 0.717) is 15.8 Å². The van der Waals surface area contributed by atoms with Gasteiger partial charge in [-0.1, -0.05) is 23.2 Å². The number of hydrogen-bond donors (Lipinski definition) is 1. The molecular weight excluding hydrogens is 327 g/mol. The molecule has 1 fully saturated rings. The van der Waals surface area contributed by atoms with Crippen LogP contribution in [0.4, 0.5) is 0 Å². The van der Waals surface area contributed by atoms with Crippen LogP contribution in [0, 0.1) is 0 Å². The molecule has 0 unspecified atom stereocenters. The van der Waals surface area contributed by atoms with Gasteiger partial charge in [-0.15, -0.1) is 0 Å². The summed E-state index contributed by atoms with van der Waals surface area (Å²) in [6.07, 6.45) is 2.04. The first-order valence-corrected chi connectivity index (χ1v) is 7.89. The monoisotopic (exact) mass is 344 g/mol. The Morgan fingerprint density at radius 1 is 1.32 bits per heavy atom. The summed E-state index contributed by atoms with van der Waals surface area (Å²) in [7, 11) is 0. The largest absolute Gasteiger partial charge is 0.482 e. The lowest BCUT2D eigenvalue weighted by Crippen LogP contribution is -2.47. The van der Waals surface area contributed by atoms with Crippen LogP contribution in [0.5, 0.6) is 5.75 Å². The fourth-order valence-corrected chi connectivity index (χ4v) is 2.75. The summed E-state index contributed by atoms with van der Waals surface area (Å²) in [5.74, 6) is -0.0545. The lowest BCUT2D eigenvalue weighted by Gasteiger charge is -2.21. The number of carbonyl (C=O) groups is 2. The summed E-state index contributed by atoms with van der Waals surface area (Å²) >= 11 is 11.7. The topological polar surface area (TPSA) is 58.6 Å². The fourth-order valence-electron chi connectivity index (χ4n) is 2.29. The van der Waals surface area contributed by atoms with Gasteiger partial charge < -0.3 is 15.0 Å². The second-order valence-corrected chi connectivity index (χ2v) is 6.03. The molecule has 22 heavy (non-hydrogen) atoms. The van der Waals surface area contributed by atoms with E-state index in [2.05, 4.69) is 5.32 Å². The van der Waals surface area contributed by atoms with E-state index >= 15 is 0 Å². The van der Waals surface area contributed by atoms with Gasteiger partial charge in [0.05, 0.1) is 5.02 Å². The smallest absolute Gasteiger partial charge is 0.258 e. The molecule has 2 amide bonds. The molecule has 1 aromatic rings. The molecule has 7 heteroatoms. The van der Waals surface area contributed by atoms with E-state index < -0.39 is 6.04 Å². The number of nitrogens with zero attached hydrogens (tertiary/aromatic N) is 1. The molecule has 0 radical (unpaired) electrons. The number of nitrogens with one attached hydrogen (secondary N) is 1. The minimum atomic E-state index is -0.560. The molecule has 1 atom stereocenters. The van der Waals surface area contributed by atoms with Crippen LogP contribution in [0.2, 0.25) is 10.0 Å². The van der Waals surface area contributed by atoms with Gasteiger partial charge in [0.1, 0.15) is 11.8 Å². The number of likely N-dealkylation sites (tertiary alicyclic amines) is 1. The van der Waals surface area contributed by atoms with Gasteiger partial charge in [-0.05, 0) is 38.0 Å². The molecule has 1 saturated heterocycles. The van der Waals surface area contributed by atoms with Crippen LogP contribution >= 0.6 is 23.2 Å². The van der Waals surface area contributed by atoms with Crippen molar-refractivity contribution >= 4 is 35.0 Å². The van der Waals surface area contributed by atoms with Gasteiger partial charge in [0.15, 0.2) is 6.61 Å². The van der Waals surface area contributed by atoms with Crippen molar-refractivity contribution in [1.29, 1.82) is 0 Å². The molecule has 0 aliphatic carbocycles. The molecular formula is C15H18Cl2N2O3. The average Bonchev–Trinajstić information content (AvgIpc) is 2.99. The third-order valence-corrected chi connectivity index (χ3v) is 3.95. The highest BCUT2D eigenvalue weighted by molar-refractivity contribution is 6.35. The van der Waals surface area contributed by atoms with E-state index in [1.807, 2.05) is 0 Å². The first kappa shape index (κ1) is 16.9. The summed E-state index contributed by atoms with van der Waals surface area (Å²) in [5.41, 5.74) is 0. The van der Waals surface area contributed by atoms with Gasteiger partial charge in [0.2, 0.25) is 5.91 Å². The highest BCUT2D eigenvalue weighted by Crippen LogP contribution is 2.27. The van der Waals surface area contributed by atoms with Gasteiger partial charge in [-0.3, -0.25) is 9.59 Å². The van der Waals surface area contributed by atoms with Gasteiger partial charge in [0, 0.05) is 18.1 Å². The van der Waals surface area contributed by atoms with Crippen molar-refractivity contribution in [3.63, 3.8) is 0 Å². The lowest BCUT2D eigenvalue weighted by atomic mass is 10.3. The molecule has 1 aromatic carbocycles. The Bertz CT molecular complexity index is 560. The molecule has 1 aliphatic heterocycles. The number of halogens is 2. The van der Waals surface area contributed by atoms with Gasteiger partial charge in [0.25, 0.3) is 5.91 Å². The normalized spacial score (nSPS) is 15.5. The van der Waals surface area contributed by atoms with Crippen molar-refractivity contribution in [2.24, 2.45) is 0 Å². The van der Waals surface area contributed by atoms with E-state index in [1.165, 1.54) is 6.07 Å². The predicted octanol–water partition coefficient (Wildman–Crippen LogP) is 2.50. The molecule has 1 aliphatic rings. The molecule has 0 spiro atoms. The van der Waals surface area contributed by atoms with Crippen LogP contribution in [-0.2, 0) is 9.59 Å². The van der Waals surface area contributed by atoms with Crippen molar-refractivity contribution in [2.45, 2.75) is 25.8 Å². The van der Waals surface area contributed by atoms with Crippen LogP contribution in [0.1, 0.15) is 19.8 Å².